The third-order valence-electron chi connectivity index (χ3n) is 0.501. The minimum Gasteiger partial charge on any atom is -0.477 e. The van der Waals surface area contributed by atoms with Crippen LogP contribution < -0.4 is 0 Å². The van der Waals surface area contributed by atoms with E-state index in [4.69, 9.17) is 28.3 Å². The highest BCUT2D eigenvalue weighted by Crippen LogP contribution is 2.10. The van der Waals surface area contributed by atoms with Gasteiger partial charge in [-0.1, -0.05) is 23.2 Å². The summed E-state index contributed by atoms with van der Waals surface area (Å²) in [4.78, 5) is 19.6. The predicted octanol–water partition coefficient (Wildman–Crippen LogP) is 1.38. The first kappa shape index (κ1) is 12.4. The van der Waals surface area contributed by atoms with E-state index in [1.807, 2.05) is 0 Å². The van der Waals surface area contributed by atoms with Crippen molar-refractivity contribution in [2.45, 2.75) is 0 Å². The Hall–Kier alpha value is -0.250. The van der Waals surface area contributed by atoms with Gasteiger partial charge in [0.15, 0.2) is 6.29 Å². The number of carboxylic acid groups (broad SMARTS) is 1. The minimum absolute atomic E-state index is 0. The molecule has 10 heavy (non-hydrogen) atoms. The van der Waals surface area contributed by atoms with Gasteiger partial charge < -0.3 is 5.11 Å². The van der Waals surface area contributed by atoms with E-state index in [0.717, 1.165) is 0 Å². The number of carboxylic acids is 1. The maximum Gasteiger partial charge on any atom is 0.348 e. The van der Waals surface area contributed by atoms with E-state index in [2.05, 4.69) is 0 Å². The molecule has 0 aromatic carbocycles. The summed E-state index contributed by atoms with van der Waals surface area (Å²) in [5.74, 6) is -1.41. The van der Waals surface area contributed by atoms with E-state index in [0.29, 0.717) is 0 Å². The molecule has 1 N–H and O–H groups in total. The lowest BCUT2D eigenvalue weighted by molar-refractivity contribution is -0.132. The first-order chi connectivity index (χ1) is 4.09. The van der Waals surface area contributed by atoms with Crippen molar-refractivity contribution in [2.75, 3.05) is 0 Å². The normalized spacial score (nSPS) is 11.0. The second kappa shape index (κ2) is 5.53. The summed E-state index contributed by atoms with van der Waals surface area (Å²) in [5.41, 5.74) is 0. The van der Waals surface area contributed by atoms with Crippen molar-refractivity contribution in [3.05, 3.63) is 10.1 Å². The van der Waals surface area contributed by atoms with Gasteiger partial charge in [0.2, 0.25) is 0 Å². The fourth-order valence-electron chi connectivity index (χ4n) is 0.154. The first-order valence-corrected chi connectivity index (χ1v) is 2.59. The van der Waals surface area contributed by atoms with E-state index in [9.17, 15) is 9.59 Å². The van der Waals surface area contributed by atoms with E-state index < -0.39 is 16.0 Å². The van der Waals surface area contributed by atoms with Gasteiger partial charge in [-0.15, -0.1) is 12.4 Å². The number of aldehydes is 1. The second-order valence-electron chi connectivity index (χ2n) is 1.08. The van der Waals surface area contributed by atoms with Gasteiger partial charge in [-0.25, -0.2) is 4.79 Å². The van der Waals surface area contributed by atoms with Crippen molar-refractivity contribution in [3.8, 4) is 0 Å². The molecule has 0 saturated heterocycles. The molecule has 0 aromatic rings. The molecule has 0 aromatic heterocycles. The number of allylic oxidation sites excluding steroid dienone is 1. The zero-order valence-electron chi connectivity index (χ0n) is 4.51. The average molecular weight is 205 g/mol. The molecule has 0 rings (SSSR count). The van der Waals surface area contributed by atoms with E-state index in [1.54, 1.807) is 0 Å². The number of halogens is 3. The number of rotatable bonds is 2. The Kier molecular flexibility index (Phi) is 6.87. The Labute approximate surface area is 73.0 Å². The van der Waals surface area contributed by atoms with Gasteiger partial charge in [-0.05, 0) is 0 Å². The van der Waals surface area contributed by atoms with Crippen LogP contribution in [0, 0.1) is 0 Å². The largest absolute Gasteiger partial charge is 0.477 e. The van der Waals surface area contributed by atoms with Gasteiger partial charge in [0, 0.05) is 0 Å². The number of hydrogen-bond donors (Lipinski definition) is 1. The molecule has 0 atom stereocenters. The maximum absolute atomic E-state index is 9.87. The number of carbonyl (C=O) groups is 2. The van der Waals surface area contributed by atoms with Crippen LogP contribution in [0.5, 0.6) is 0 Å². The summed E-state index contributed by atoms with van der Waals surface area (Å²) >= 11 is 9.99. The lowest BCUT2D eigenvalue weighted by Crippen LogP contribution is -1.96. The zero-order chi connectivity index (χ0) is 7.44. The van der Waals surface area contributed by atoms with Crippen LogP contribution in [-0.2, 0) is 9.59 Å². The molecule has 0 amide bonds. The molecule has 0 aliphatic carbocycles. The van der Waals surface area contributed by atoms with E-state index in [-0.39, 0.29) is 18.7 Å². The van der Waals surface area contributed by atoms with Gasteiger partial charge in [0.1, 0.15) is 10.1 Å². The topological polar surface area (TPSA) is 54.4 Å². The van der Waals surface area contributed by atoms with Gasteiger partial charge in [-0.3, -0.25) is 4.79 Å². The molecule has 0 radical (unpaired) electrons. The van der Waals surface area contributed by atoms with E-state index >= 15 is 0 Å². The van der Waals surface area contributed by atoms with Gasteiger partial charge in [0.05, 0.1) is 0 Å². The highest BCUT2D eigenvalue weighted by atomic mass is 35.5. The number of hydrogen-bond acceptors (Lipinski definition) is 2. The van der Waals surface area contributed by atoms with Gasteiger partial charge in [0.25, 0.3) is 0 Å². The van der Waals surface area contributed by atoms with Crippen LogP contribution in [0.25, 0.3) is 0 Å². The average Bonchev–Trinajstić information content (AvgIpc) is 1.84. The molecule has 0 aliphatic heterocycles. The molecular formula is C4H3Cl3O3. The maximum atomic E-state index is 9.87. The zero-order valence-corrected chi connectivity index (χ0v) is 6.83. The number of aliphatic carboxylic acids is 1. The summed E-state index contributed by atoms with van der Waals surface area (Å²) in [6.07, 6.45) is 0.165. The van der Waals surface area contributed by atoms with Crippen LogP contribution in [0.4, 0.5) is 0 Å². The quantitative estimate of drug-likeness (QED) is 0.547. The third kappa shape index (κ3) is 3.71. The molecule has 0 heterocycles. The van der Waals surface area contributed by atoms with Crippen LogP contribution in [-0.4, -0.2) is 17.4 Å². The molecular weight excluding hydrogens is 202 g/mol. The van der Waals surface area contributed by atoms with Gasteiger partial charge >= 0.3 is 5.97 Å². The molecule has 0 unspecified atom stereocenters. The summed E-state index contributed by atoms with van der Waals surface area (Å²) < 4.78 is 0. The smallest absolute Gasteiger partial charge is 0.348 e. The number of carbonyl (C=O) groups excluding carboxylic acids is 1. The second-order valence-corrected chi connectivity index (χ2v) is 1.87. The molecule has 3 nitrogen and oxygen atoms in total. The Morgan fingerprint density at radius 2 is 1.80 bits per heavy atom. The highest BCUT2D eigenvalue weighted by molar-refractivity contribution is 6.51. The summed E-state index contributed by atoms with van der Waals surface area (Å²) in [6, 6.07) is 0. The third-order valence-corrected chi connectivity index (χ3v) is 1.24. The molecule has 0 aliphatic rings. The van der Waals surface area contributed by atoms with Crippen molar-refractivity contribution in [3.63, 3.8) is 0 Å². The lowest BCUT2D eigenvalue weighted by Gasteiger charge is -1.86. The monoisotopic (exact) mass is 204 g/mol. The van der Waals surface area contributed by atoms with E-state index in [1.165, 1.54) is 0 Å². The predicted molar refractivity (Wildman–Crippen MR) is 39.7 cm³/mol. The lowest BCUT2D eigenvalue weighted by atomic mass is 10.5. The van der Waals surface area contributed by atoms with Crippen molar-refractivity contribution < 1.29 is 14.7 Å². The van der Waals surface area contributed by atoms with Crippen LogP contribution in [0.3, 0.4) is 0 Å². The highest BCUT2D eigenvalue weighted by Gasteiger charge is 2.07. The Morgan fingerprint density at radius 1 is 1.40 bits per heavy atom. The van der Waals surface area contributed by atoms with Crippen LogP contribution >= 0.6 is 35.6 Å². The molecule has 0 bridgehead atoms. The molecule has 58 valence electrons. The van der Waals surface area contributed by atoms with Crippen LogP contribution in [0.1, 0.15) is 0 Å². The van der Waals surface area contributed by atoms with Gasteiger partial charge in [-0.2, -0.15) is 0 Å². The van der Waals surface area contributed by atoms with Crippen LogP contribution in [0.2, 0.25) is 0 Å². The summed E-state index contributed by atoms with van der Waals surface area (Å²) in [7, 11) is 0. The minimum atomic E-state index is -1.41. The molecule has 6 heteroatoms. The Bertz CT molecular complexity index is 175. The molecule has 0 fully saturated rings. The SMILES string of the molecule is Cl.O=C/C(Cl)=C(/Cl)C(=O)O. The fraction of sp³-hybridized carbons (Fsp3) is 0. The molecule has 0 spiro atoms. The van der Waals surface area contributed by atoms with Crippen molar-refractivity contribution in [1.29, 1.82) is 0 Å². The first-order valence-electron chi connectivity index (χ1n) is 1.83. The van der Waals surface area contributed by atoms with Crippen molar-refractivity contribution >= 4 is 47.9 Å². The Morgan fingerprint density at radius 3 is 1.90 bits per heavy atom. The van der Waals surface area contributed by atoms with Crippen molar-refractivity contribution in [2.24, 2.45) is 0 Å². The Balaban J connectivity index is 0. The standard InChI is InChI=1S/C4H2Cl2O3.ClH/c5-2(1-7)3(6)4(8)9;/h1H,(H,8,9);1H/b3-2-;. The van der Waals surface area contributed by atoms with Crippen molar-refractivity contribution in [1.82, 2.24) is 0 Å². The fourth-order valence-corrected chi connectivity index (χ4v) is 0.279. The summed E-state index contributed by atoms with van der Waals surface area (Å²) in [6.45, 7) is 0. The summed E-state index contributed by atoms with van der Waals surface area (Å²) in [5, 5.41) is 6.89. The molecule has 0 saturated carbocycles. The van der Waals surface area contributed by atoms with Crippen LogP contribution in [0.15, 0.2) is 10.1 Å².